The Bertz CT molecular complexity index is 492. The summed E-state index contributed by atoms with van der Waals surface area (Å²) in [6.45, 7) is 6.46. The average Bonchev–Trinajstić information content (AvgIpc) is 2.69. The van der Waals surface area contributed by atoms with Gasteiger partial charge in [-0.3, -0.25) is 0 Å². The molecule has 5 nitrogen and oxygen atoms in total. The number of nitrogens with zero attached hydrogens (tertiary/aromatic N) is 3. The zero-order valence-electron chi connectivity index (χ0n) is 10.3. The highest BCUT2D eigenvalue weighted by atomic mass is 16.5. The van der Waals surface area contributed by atoms with E-state index in [1.54, 1.807) is 18.6 Å². The second-order valence-electron chi connectivity index (χ2n) is 4.48. The summed E-state index contributed by atoms with van der Waals surface area (Å²) in [5.41, 5.74) is 8.06. The summed E-state index contributed by atoms with van der Waals surface area (Å²) in [7, 11) is 0. The Morgan fingerprint density at radius 3 is 3.00 bits per heavy atom. The number of pyridine rings is 1. The zero-order chi connectivity index (χ0) is 12.3. The number of aromatic nitrogens is 3. The maximum absolute atomic E-state index is 5.82. The molecule has 0 aromatic carbocycles. The van der Waals surface area contributed by atoms with Crippen molar-refractivity contribution in [2.75, 3.05) is 18.9 Å². The summed E-state index contributed by atoms with van der Waals surface area (Å²) in [6, 6.07) is 1.76. The van der Waals surface area contributed by atoms with E-state index in [4.69, 9.17) is 10.5 Å². The van der Waals surface area contributed by atoms with Gasteiger partial charge in [-0.2, -0.15) is 0 Å². The minimum atomic E-state index is 0.559. The predicted octanol–water partition coefficient (Wildman–Crippen LogP) is 1.69. The molecule has 2 aromatic heterocycles. The van der Waals surface area contributed by atoms with Crippen molar-refractivity contribution in [3.8, 4) is 0 Å². The molecule has 0 aliphatic carbocycles. The summed E-state index contributed by atoms with van der Waals surface area (Å²) in [4.78, 5) is 8.53. The highest BCUT2D eigenvalue weighted by Crippen LogP contribution is 2.16. The van der Waals surface area contributed by atoms with Gasteiger partial charge in [0, 0.05) is 19.3 Å². The lowest BCUT2D eigenvalue weighted by Crippen LogP contribution is -2.09. The fraction of sp³-hybridized carbons (Fsp3) is 0.500. The zero-order valence-corrected chi connectivity index (χ0v) is 10.3. The Kier molecular flexibility index (Phi) is 3.58. The van der Waals surface area contributed by atoms with Crippen molar-refractivity contribution in [2.24, 2.45) is 5.92 Å². The van der Waals surface area contributed by atoms with E-state index in [0.717, 1.165) is 24.3 Å². The highest BCUT2D eigenvalue weighted by molar-refractivity contribution is 5.83. The van der Waals surface area contributed by atoms with Crippen LogP contribution < -0.4 is 5.73 Å². The molecule has 0 atom stereocenters. The maximum atomic E-state index is 5.82. The quantitative estimate of drug-likeness (QED) is 0.799. The second-order valence-corrected chi connectivity index (χ2v) is 4.48. The number of nitrogen functional groups attached to an aromatic ring is 1. The summed E-state index contributed by atoms with van der Waals surface area (Å²) in [6.07, 6.45) is 3.46. The van der Waals surface area contributed by atoms with Crippen LogP contribution in [0.5, 0.6) is 0 Å². The van der Waals surface area contributed by atoms with Crippen LogP contribution in [0.15, 0.2) is 18.6 Å². The number of hydrogen-bond donors (Lipinski definition) is 1. The lowest BCUT2D eigenvalue weighted by Gasteiger charge is -2.07. The predicted molar refractivity (Wildman–Crippen MR) is 67.6 cm³/mol. The van der Waals surface area contributed by atoms with Crippen molar-refractivity contribution >= 4 is 16.9 Å². The molecule has 5 heteroatoms. The molecule has 2 rings (SSSR count). The van der Waals surface area contributed by atoms with E-state index >= 15 is 0 Å². The number of ether oxygens (including phenoxy) is 1. The van der Waals surface area contributed by atoms with Crippen LogP contribution >= 0.6 is 0 Å². The van der Waals surface area contributed by atoms with E-state index in [9.17, 15) is 0 Å². The molecular weight excluding hydrogens is 216 g/mol. The van der Waals surface area contributed by atoms with Crippen LogP contribution in [0.3, 0.4) is 0 Å². The molecule has 0 spiro atoms. The fourth-order valence-corrected chi connectivity index (χ4v) is 1.63. The summed E-state index contributed by atoms with van der Waals surface area (Å²) in [5, 5.41) is 0. The van der Waals surface area contributed by atoms with Crippen molar-refractivity contribution < 1.29 is 4.74 Å². The summed E-state index contributed by atoms with van der Waals surface area (Å²) >= 11 is 0. The van der Waals surface area contributed by atoms with Gasteiger partial charge in [0.15, 0.2) is 5.65 Å². The fourth-order valence-electron chi connectivity index (χ4n) is 1.63. The molecule has 0 amide bonds. The summed E-state index contributed by atoms with van der Waals surface area (Å²) < 4.78 is 7.50. The average molecular weight is 234 g/mol. The van der Waals surface area contributed by atoms with Gasteiger partial charge in [-0.05, 0) is 12.0 Å². The molecule has 92 valence electrons. The van der Waals surface area contributed by atoms with Gasteiger partial charge in [0.05, 0.1) is 18.6 Å². The Labute approximate surface area is 101 Å². The molecule has 2 heterocycles. The molecule has 0 aliphatic heterocycles. The molecule has 0 fully saturated rings. The lowest BCUT2D eigenvalue weighted by atomic mass is 10.2. The third-order valence-electron chi connectivity index (χ3n) is 2.46. The highest BCUT2D eigenvalue weighted by Gasteiger charge is 2.06. The normalized spacial score (nSPS) is 11.5. The molecule has 0 radical (unpaired) electrons. The first-order valence-corrected chi connectivity index (χ1v) is 5.81. The van der Waals surface area contributed by atoms with Gasteiger partial charge in [-0.1, -0.05) is 13.8 Å². The smallest absolute Gasteiger partial charge is 0.162 e. The number of anilines is 1. The minimum Gasteiger partial charge on any atom is -0.397 e. The molecule has 0 aliphatic rings. The van der Waals surface area contributed by atoms with Crippen LogP contribution in [0.25, 0.3) is 11.2 Å². The Hall–Kier alpha value is -1.62. The largest absolute Gasteiger partial charge is 0.397 e. The Balaban J connectivity index is 2.02. The van der Waals surface area contributed by atoms with Gasteiger partial charge in [-0.25, -0.2) is 9.97 Å². The first kappa shape index (κ1) is 11.9. The SMILES string of the molecule is CC(C)COCCn1cnc2c(N)ccnc21. The second kappa shape index (κ2) is 5.14. The third-order valence-corrected chi connectivity index (χ3v) is 2.46. The van der Waals surface area contributed by atoms with Gasteiger partial charge in [-0.15, -0.1) is 0 Å². The molecule has 0 unspecified atom stereocenters. The first-order chi connectivity index (χ1) is 8.18. The monoisotopic (exact) mass is 234 g/mol. The van der Waals surface area contributed by atoms with Crippen molar-refractivity contribution in [3.05, 3.63) is 18.6 Å². The van der Waals surface area contributed by atoms with Crippen molar-refractivity contribution in [2.45, 2.75) is 20.4 Å². The van der Waals surface area contributed by atoms with E-state index in [-0.39, 0.29) is 0 Å². The number of rotatable bonds is 5. The Morgan fingerprint density at radius 1 is 1.41 bits per heavy atom. The molecular formula is C12H18N4O. The van der Waals surface area contributed by atoms with Crippen LogP contribution in [0.2, 0.25) is 0 Å². The molecule has 0 saturated heterocycles. The van der Waals surface area contributed by atoms with Gasteiger partial charge in [0.25, 0.3) is 0 Å². The van der Waals surface area contributed by atoms with Crippen LogP contribution in [-0.2, 0) is 11.3 Å². The number of nitrogens with two attached hydrogens (primary N) is 1. The summed E-state index contributed by atoms with van der Waals surface area (Å²) in [5.74, 6) is 0.559. The van der Waals surface area contributed by atoms with Gasteiger partial charge in [0.1, 0.15) is 5.52 Å². The Morgan fingerprint density at radius 2 is 2.24 bits per heavy atom. The van der Waals surface area contributed by atoms with Gasteiger partial charge >= 0.3 is 0 Å². The van der Waals surface area contributed by atoms with Crippen LogP contribution in [-0.4, -0.2) is 27.7 Å². The lowest BCUT2D eigenvalue weighted by molar-refractivity contribution is 0.103. The minimum absolute atomic E-state index is 0.559. The van der Waals surface area contributed by atoms with Crippen molar-refractivity contribution in [1.29, 1.82) is 0 Å². The van der Waals surface area contributed by atoms with Crippen LogP contribution in [0, 0.1) is 5.92 Å². The van der Waals surface area contributed by atoms with E-state index < -0.39 is 0 Å². The van der Waals surface area contributed by atoms with Crippen molar-refractivity contribution in [3.63, 3.8) is 0 Å². The standard InChI is InChI=1S/C12H18N4O/c1-9(2)7-17-6-5-16-8-15-11-10(13)3-4-14-12(11)16/h3-4,8-9H,5-7H2,1-2H3,(H2,13,14). The van der Waals surface area contributed by atoms with E-state index in [1.165, 1.54) is 0 Å². The third kappa shape index (κ3) is 2.74. The van der Waals surface area contributed by atoms with Gasteiger partial charge in [0.2, 0.25) is 0 Å². The molecule has 2 aromatic rings. The molecule has 0 bridgehead atoms. The molecule has 17 heavy (non-hydrogen) atoms. The number of imidazole rings is 1. The topological polar surface area (TPSA) is 66.0 Å². The number of fused-ring (bicyclic) bond motifs is 1. The van der Waals surface area contributed by atoms with E-state index in [2.05, 4.69) is 23.8 Å². The molecule has 0 saturated carbocycles. The van der Waals surface area contributed by atoms with Crippen LogP contribution in [0.1, 0.15) is 13.8 Å². The maximum Gasteiger partial charge on any atom is 0.162 e. The molecule has 2 N–H and O–H groups in total. The van der Waals surface area contributed by atoms with E-state index in [1.807, 2.05) is 4.57 Å². The van der Waals surface area contributed by atoms with E-state index in [0.29, 0.717) is 18.2 Å². The van der Waals surface area contributed by atoms with Gasteiger partial charge < -0.3 is 15.0 Å². The number of hydrogen-bond acceptors (Lipinski definition) is 4. The first-order valence-electron chi connectivity index (χ1n) is 5.81. The van der Waals surface area contributed by atoms with Crippen molar-refractivity contribution in [1.82, 2.24) is 14.5 Å². The van der Waals surface area contributed by atoms with Crippen LogP contribution in [0.4, 0.5) is 5.69 Å².